The number of likely N-dealkylation sites (tertiary alicyclic amines) is 1. The standard InChI is InChI=1S/C8H15FN2/c9-7-5-11(6-1-2-6)4-3-8(7)10/h6-8H,1-5,10H2/t7-,8-/m1/s1. The largest absolute Gasteiger partial charge is 0.325 e. The highest BCUT2D eigenvalue weighted by atomic mass is 19.1. The van der Waals surface area contributed by atoms with Gasteiger partial charge >= 0.3 is 0 Å². The van der Waals surface area contributed by atoms with E-state index in [4.69, 9.17) is 5.73 Å². The normalized spacial score (nSPS) is 40.9. The Balaban J connectivity index is 1.86. The summed E-state index contributed by atoms with van der Waals surface area (Å²) in [6.07, 6.45) is 2.58. The van der Waals surface area contributed by atoms with Crippen molar-refractivity contribution in [3.63, 3.8) is 0 Å². The van der Waals surface area contributed by atoms with Crippen molar-refractivity contribution in [1.82, 2.24) is 4.90 Å². The molecule has 0 amide bonds. The van der Waals surface area contributed by atoms with Gasteiger partial charge in [0.15, 0.2) is 0 Å². The molecule has 2 N–H and O–H groups in total. The number of hydrogen-bond acceptors (Lipinski definition) is 2. The molecular weight excluding hydrogens is 143 g/mol. The van der Waals surface area contributed by atoms with Crippen LogP contribution in [-0.2, 0) is 0 Å². The lowest BCUT2D eigenvalue weighted by atomic mass is 10.0. The number of halogens is 1. The minimum absolute atomic E-state index is 0.204. The van der Waals surface area contributed by atoms with Crippen LogP contribution in [0.25, 0.3) is 0 Å². The van der Waals surface area contributed by atoms with Crippen LogP contribution in [0.5, 0.6) is 0 Å². The Morgan fingerprint density at radius 2 is 2.00 bits per heavy atom. The molecule has 0 spiro atoms. The minimum Gasteiger partial charge on any atom is -0.325 e. The molecule has 0 radical (unpaired) electrons. The summed E-state index contributed by atoms with van der Waals surface area (Å²) in [6, 6.07) is 0.491. The molecule has 64 valence electrons. The van der Waals surface area contributed by atoms with Crippen LogP contribution in [0.3, 0.4) is 0 Å². The number of alkyl halides is 1. The molecule has 1 aliphatic carbocycles. The molecule has 0 aromatic heterocycles. The van der Waals surface area contributed by atoms with Gasteiger partial charge in [-0.2, -0.15) is 0 Å². The van der Waals surface area contributed by atoms with E-state index in [1.807, 2.05) is 0 Å². The molecule has 2 nitrogen and oxygen atoms in total. The second kappa shape index (κ2) is 2.72. The fourth-order valence-corrected chi connectivity index (χ4v) is 1.72. The van der Waals surface area contributed by atoms with Crippen molar-refractivity contribution in [1.29, 1.82) is 0 Å². The predicted octanol–water partition coefficient (Wildman–Crippen LogP) is 0.520. The maximum Gasteiger partial charge on any atom is 0.128 e. The van der Waals surface area contributed by atoms with Crippen LogP contribution in [0.2, 0.25) is 0 Å². The van der Waals surface area contributed by atoms with Crippen LogP contribution >= 0.6 is 0 Å². The monoisotopic (exact) mass is 158 g/mol. The average Bonchev–Trinajstić information content (AvgIpc) is 2.77. The van der Waals surface area contributed by atoms with Gasteiger partial charge < -0.3 is 5.73 Å². The molecule has 1 heterocycles. The van der Waals surface area contributed by atoms with E-state index in [0.717, 1.165) is 13.0 Å². The number of nitrogens with zero attached hydrogens (tertiary/aromatic N) is 1. The van der Waals surface area contributed by atoms with Gasteiger partial charge in [-0.25, -0.2) is 4.39 Å². The Morgan fingerprint density at radius 1 is 1.27 bits per heavy atom. The molecule has 0 unspecified atom stereocenters. The Morgan fingerprint density at radius 3 is 2.55 bits per heavy atom. The summed E-state index contributed by atoms with van der Waals surface area (Å²) in [7, 11) is 0. The van der Waals surface area contributed by atoms with Gasteiger partial charge in [-0.1, -0.05) is 0 Å². The van der Waals surface area contributed by atoms with Crippen LogP contribution in [0.4, 0.5) is 4.39 Å². The third-order valence-electron chi connectivity index (χ3n) is 2.69. The summed E-state index contributed by atoms with van der Waals surface area (Å²) in [6.45, 7) is 1.58. The molecule has 0 aromatic rings. The molecule has 2 aliphatic rings. The summed E-state index contributed by atoms with van der Waals surface area (Å²) in [5.41, 5.74) is 5.56. The maximum atomic E-state index is 13.0. The van der Waals surface area contributed by atoms with E-state index in [2.05, 4.69) is 4.90 Å². The molecule has 3 heteroatoms. The van der Waals surface area contributed by atoms with E-state index in [0.29, 0.717) is 12.6 Å². The lowest BCUT2D eigenvalue weighted by molar-refractivity contribution is 0.114. The van der Waals surface area contributed by atoms with Crippen molar-refractivity contribution >= 4 is 0 Å². The lowest BCUT2D eigenvalue weighted by Crippen LogP contribution is -2.49. The van der Waals surface area contributed by atoms with Crippen molar-refractivity contribution in [2.45, 2.75) is 37.5 Å². The van der Waals surface area contributed by atoms with Crippen LogP contribution in [0.1, 0.15) is 19.3 Å². The molecule has 1 aliphatic heterocycles. The molecular formula is C8H15FN2. The number of hydrogen-bond donors (Lipinski definition) is 1. The zero-order valence-corrected chi connectivity index (χ0v) is 6.67. The smallest absolute Gasteiger partial charge is 0.128 e. The summed E-state index contributed by atoms with van der Waals surface area (Å²) < 4.78 is 13.0. The molecule has 0 aromatic carbocycles. The van der Waals surface area contributed by atoms with Gasteiger partial charge in [0.1, 0.15) is 6.17 Å². The summed E-state index contributed by atoms with van der Waals surface area (Å²) in [5.74, 6) is 0. The highest BCUT2D eigenvalue weighted by Gasteiger charge is 2.35. The molecule has 2 atom stereocenters. The molecule has 1 saturated heterocycles. The quantitative estimate of drug-likeness (QED) is 0.603. The van der Waals surface area contributed by atoms with Gasteiger partial charge in [-0.15, -0.1) is 0 Å². The van der Waals surface area contributed by atoms with Crippen molar-refractivity contribution < 1.29 is 4.39 Å². The number of rotatable bonds is 1. The van der Waals surface area contributed by atoms with Crippen LogP contribution in [0.15, 0.2) is 0 Å². The topological polar surface area (TPSA) is 29.3 Å². The van der Waals surface area contributed by atoms with Crippen molar-refractivity contribution in [2.24, 2.45) is 5.73 Å². The number of nitrogens with two attached hydrogens (primary N) is 1. The van der Waals surface area contributed by atoms with E-state index in [1.165, 1.54) is 12.8 Å². The zero-order valence-electron chi connectivity index (χ0n) is 6.67. The van der Waals surface area contributed by atoms with Gasteiger partial charge in [-0.3, -0.25) is 4.90 Å². The van der Waals surface area contributed by atoms with Crippen molar-refractivity contribution in [2.75, 3.05) is 13.1 Å². The maximum absolute atomic E-state index is 13.0. The van der Waals surface area contributed by atoms with Crippen molar-refractivity contribution in [3.8, 4) is 0 Å². The first kappa shape index (κ1) is 7.50. The fraction of sp³-hybridized carbons (Fsp3) is 1.00. The Hall–Kier alpha value is -0.150. The summed E-state index contributed by atoms with van der Waals surface area (Å²) >= 11 is 0. The van der Waals surface area contributed by atoms with Crippen LogP contribution in [-0.4, -0.2) is 36.2 Å². The van der Waals surface area contributed by atoms with E-state index in [-0.39, 0.29) is 6.04 Å². The van der Waals surface area contributed by atoms with E-state index >= 15 is 0 Å². The molecule has 11 heavy (non-hydrogen) atoms. The van der Waals surface area contributed by atoms with Gasteiger partial charge in [0, 0.05) is 25.2 Å². The lowest BCUT2D eigenvalue weighted by Gasteiger charge is -2.32. The second-order valence-electron chi connectivity index (χ2n) is 3.69. The third-order valence-corrected chi connectivity index (χ3v) is 2.69. The Labute approximate surface area is 66.5 Å². The van der Waals surface area contributed by atoms with Gasteiger partial charge in [0.25, 0.3) is 0 Å². The number of piperidine rings is 1. The molecule has 2 rings (SSSR count). The van der Waals surface area contributed by atoms with Crippen LogP contribution in [0, 0.1) is 0 Å². The fourth-order valence-electron chi connectivity index (χ4n) is 1.72. The predicted molar refractivity (Wildman–Crippen MR) is 42.1 cm³/mol. The highest BCUT2D eigenvalue weighted by Crippen LogP contribution is 2.29. The summed E-state index contributed by atoms with van der Waals surface area (Å²) in [5, 5.41) is 0. The van der Waals surface area contributed by atoms with E-state index < -0.39 is 6.17 Å². The van der Waals surface area contributed by atoms with Gasteiger partial charge in [0.2, 0.25) is 0 Å². The molecule has 0 bridgehead atoms. The first-order valence-corrected chi connectivity index (χ1v) is 4.41. The van der Waals surface area contributed by atoms with Crippen LogP contribution < -0.4 is 5.73 Å². The third kappa shape index (κ3) is 1.54. The second-order valence-corrected chi connectivity index (χ2v) is 3.69. The van der Waals surface area contributed by atoms with E-state index in [9.17, 15) is 4.39 Å². The first-order chi connectivity index (χ1) is 5.27. The summed E-state index contributed by atoms with van der Waals surface area (Å²) in [4.78, 5) is 2.24. The Bertz CT molecular complexity index is 147. The highest BCUT2D eigenvalue weighted by molar-refractivity contribution is 4.91. The zero-order chi connectivity index (χ0) is 7.84. The SMILES string of the molecule is N[C@@H]1CCN(C2CC2)C[C@H]1F. The van der Waals surface area contributed by atoms with Gasteiger partial charge in [-0.05, 0) is 19.3 Å². The average molecular weight is 158 g/mol. The van der Waals surface area contributed by atoms with E-state index in [1.54, 1.807) is 0 Å². The van der Waals surface area contributed by atoms with Gasteiger partial charge in [0.05, 0.1) is 0 Å². The molecule has 1 saturated carbocycles. The Kier molecular flexibility index (Phi) is 1.85. The first-order valence-electron chi connectivity index (χ1n) is 4.41. The molecule has 2 fully saturated rings. The van der Waals surface area contributed by atoms with Crippen molar-refractivity contribution in [3.05, 3.63) is 0 Å². The minimum atomic E-state index is -0.788.